The lowest BCUT2D eigenvalue weighted by Gasteiger charge is -2.11. The molecular weight excluding hydrogens is 123 g/mol. The second-order valence-electron chi connectivity index (χ2n) is 1.54. The van der Waals surface area contributed by atoms with Gasteiger partial charge in [-0.3, -0.25) is 0 Å². The van der Waals surface area contributed by atoms with Gasteiger partial charge in [-0.1, -0.05) is 0 Å². The van der Waals surface area contributed by atoms with E-state index in [4.69, 9.17) is 5.11 Å². The van der Waals surface area contributed by atoms with E-state index < -0.39 is 12.1 Å². The van der Waals surface area contributed by atoms with Gasteiger partial charge < -0.3 is 14.4 Å². The van der Waals surface area contributed by atoms with E-state index in [1.165, 1.54) is 12.3 Å². The van der Waals surface area contributed by atoms with Crippen LogP contribution in [0.4, 0.5) is 0 Å². The quantitative estimate of drug-likeness (QED) is 0.472. The SMILES string of the molecule is O=C(O)C1C=COBO1. The van der Waals surface area contributed by atoms with Crippen molar-refractivity contribution in [3.63, 3.8) is 0 Å². The van der Waals surface area contributed by atoms with Crippen molar-refractivity contribution in [3.8, 4) is 0 Å². The molecule has 0 saturated heterocycles. The number of carboxylic acid groups (broad SMARTS) is 1. The third-order valence-corrected chi connectivity index (χ3v) is 0.909. The molecule has 5 heteroatoms. The van der Waals surface area contributed by atoms with E-state index in [0.29, 0.717) is 0 Å². The van der Waals surface area contributed by atoms with Crippen LogP contribution in [0.3, 0.4) is 0 Å². The maximum atomic E-state index is 10.1. The van der Waals surface area contributed by atoms with Crippen LogP contribution in [0, 0.1) is 0 Å². The number of rotatable bonds is 1. The Morgan fingerprint density at radius 3 is 2.89 bits per heavy atom. The van der Waals surface area contributed by atoms with Crippen molar-refractivity contribution in [2.45, 2.75) is 6.10 Å². The normalized spacial score (nSPS) is 24.2. The van der Waals surface area contributed by atoms with Crippen molar-refractivity contribution in [1.82, 2.24) is 0 Å². The zero-order chi connectivity index (χ0) is 6.69. The maximum absolute atomic E-state index is 10.1. The van der Waals surface area contributed by atoms with Gasteiger partial charge in [0.15, 0.2) is 6.10 Å². The maximum Gasteiger partial charge on any atom is 0.507 e. The lowest BCUT2D eigenvalue weighted by molar-refractivity contribution is -0.143. The first-order chi connectivity index (χ1) is 4.30. The average molecular weight is 128 g/mol. The minimum Gasteiger partial charge on any atom is -0.545 e. The molecule has 0 aromatic heterocycles. The summed E-state index contributed by atoms with van der Waals surface area (Å²) in [5.41, 5.74) is 0. The largest absolute Gasteiger partial charge is 0.545 e. The molecule has 48 valence electrons. The summed E-state index contributed by atoms with van der Waals surface area (Å²) in [4.78, 5) is 10.1. The Morgan fingerprint density at radius 1 is 1.78 bits per heavy atom. The van der Waals surface area contributed by atoms with E-state index in [1.54, 1.807) is 0 Å². The Hall–Kier alpha value is -0.965. The minimum atomic E-state index is -0.991. The molecule has 0 saturated carbocycles. The van der Waals surface area contributed by atoms with E-state index in [-0.39, 0.29) is 7.69 Å². The summed E-state index contributed by atoms with van der Waals surface area (Å²) in [6.45, 7) is 0. The third-order valence-electron chi connectivity index (χ3n) is 0.909. The van der Waals surface area contributed by atoms with Crippen molar-refractivity contribution in [2.24, 2.45) is 0 Å². The molecule has 1 aliphatic heterocycles. The van der Waals surface area contributed by atoms with Gasteiger partial charge in [-0.25, -0.2) is 4.79 Å². The molecule has 1 aliphatic rings. The highest BCUT2D eigenvalue weighted by atomic mass is 16.6. The van der Waals surface area contributed by atoms with Gasteiger partial charge in [0, 0.05) is 0 Å². The van der Waals surface area contributed by atoms with Crippen LogP contribution in [0.15, 0.2) is 12.3 Å². The van der Waals surface area contributed by atoms with Crippen molar-refractivity contribution in [1.29, 1.82) is 0 Å². The Labute approximate surface area is 52.4 Å². The van der Waals surface area contributed by atoms with Crippen molar-refractivity contribution < 1.29 is 19.2 Å². The molecule has 1 heterocycles. The molecule has 0 fully saturated rings. The zero-order valence-corrected chi connectivity index (χ0v) is 4.61. The van der Waals surface area contributed by atoms with Crippen LogP contribution in [0.2, 0.25) is 0 Å². The van der Waals surface area contributed by atoms with Crippen LogP contribution in [0.25, 0.3) is 0 Å². The summed E-state index contributed by atoms with van der Waals surface area (Å²) in [5.74, 6) is -0.991. The number of carbonyl (C=O) groups is 1. The lowest BCUT2D eigenvalue weighted by Crippen LogP contribution is -2.26. The predicted octanol–water partition coefficient (Wildman–Crippen LogP) is -0.733. The van der Waals surface area contributed by atoms with Gasteiger partial charge in [-0.2, -0.15) is 0 Å². The van der Waals surface area contributed by atoms with Gasteiger partial charge in [0.05, 0.1) is 6.26 Å². The molecule has 1 N–H and O–H groups in total. The van der Waals surface area contributed by atoms with Crippen molar-refractivity contribution >= 4 is 13.7 Å². The predicted molar refractivity (Wildman–Crippen MR) is 29.9 cm³/mol. The number of carboxylic acids is 1. The van der Waals surface area contributed by atoms with Crippen LogP contribution >= 0.6 is 0 Å². The fourth-order valence-electron chi connectivity index (χ4n) is 0.488. The minimum absolute atomic E-state index is 0.0213. The van der Waals surface area contributed by atoms with E-state index in [0.717, 1.165) is 0 Å². The standard InChI is InChI=1S/C4H5BO4/c6-4(7)3-1-2-8-5-9-3/h1-3,5H,(H,6,7). The molecule has 0 bridgehead atoms. The molecular formula is C4H5BO4. The van der Waals surface area contributed by atoms with Crippen LogP contribution in [-0.4, -0.2) is 24.9 Å². The molecule has 0 aromatic carbocycles. The van der Waals surface area contributed by atoms with Crippen LogP contribution in [0.1, 0.15) is 0 Å². The smallest absolute Gasteiger partial charge is 0.507 e. The van der Waals surface area contributed by atoms with Crippen molar-refractivity contribution in [3.05, 3.63) is 12.3 Å². The second kappa shape index (κ2) is 2.54. The third kappa shape index (κ3) is 1.46. The lowest BCUT2D eigenvalue weighted by atomic mass is 10.2. The number of aliphatic carboxylic acids is 1. The van der Waals surface area contributed by atoms with E-state index in [2.05, 4.69) is 9.31 Å². The van der Waals surface area contributed by atoms with Gasteiger partial charge in [0.1, 0.15) is 0 Å². The first-order valence-corrected chi connectivity index (χ1v) is 2.43. The molecule has 0 radical (unpaired) electrons. The first kappa shape index (κ1) is 6.16. The molecule has 0 spiro atoms. The topological polar surface area (TPSA) is 55.8 Å². The van der Waals surface area contributed by atoms with Gasteiger partial charge in [-0.15, -0.1) is 0 Å². The Bertz CT molecular complexity index is 144. The molecule has 0 aliphatic carbocycles. The fraction of sp³-hybridized carbons (Fsp3) is 0.250. The monoisotopic (exact) mass is 128 g/mol. The molecule has 9 heavy (non-hydrogen) atoms. The molecule has 4 nitrogen and oxygen atoms in total. The van der Waals surface area contributed by atoms with Gasteiger partial charge in [-0.05, 0) is 6.08 Å². The van der Waals surface area contributed by atoms with Crippen LogP contribution in [0.5, 0.6) is 0 Å². The van der Waals surface area contributed by atoms with E-state index in [1.807, 2.05) is 0 Å². The fourth-order valence-corrected chi connectivity index (χ4v) is 0.488. The van der Waals surface area contributed by atoms with Gasteiger partial charge in [0.2, 0.25) is 0 Å². The number of hydrogen-bond donors (Lipinski definition) is 1. The van der Waals surface area contributed by atoms with Crippen LogP contribution < -0.4 is 0 Å². The molecule has 0 aromatic rings. The summed E-state index contributed by atoms with van der Waals surface area (Å²) < 4.78 is 9.21. The Balaban J connectivity index is 2.50. The zero-order valence-electron chi connectivity index (χ0n) is 4.61. The Kier molecular flexibility index (Phi) is 1.74. The summed E-state index contributed by atoms with van der Waals surface area (Å²) in [6, 6.07) is 0. The van der Waals surface area contributed by atoms with Crippen molar-refractivity contribution in [2.75, 3.05) is 0 Å². The molecule has 1 atom stereocenters. The van der Waals surface area contributed by atoms with Crippen LogP contribution in [-0.2, 0) is 14.1 Å². The highest BCUT2D eigenvalue weighted by molar-refractivity contribution is 6.19. The summed E-state index contributed by atoms with van der Waals surface area (Å²) in [5, 5.41) is 8.31. The average Bonchev–Trinajstić information content (AvgIpc) is 1.90. The van der Waals surface area contributed by atoms with Gasteiger partial charge in [0.25, 0.3) is 0 Å². The van der Waals surface area contributed by atoms with Gasteiger partial charge >= 0.3 is 13.7 Å². The Morgan fingerprint density at radius 2 is 2.56 bits per heavy atom. The highest BCUT2D eigenvalue weighted by Crippen LogP contribution is 1.99. The molecule has 1 unspecified atom stereocenters. The highest BCUT2D eigenvalue weighted by Gasteiger charge is 2.17. The molecule has 0 amide bonds. The first-order valence-electron chi connectivity index (χ1n) is 2.43. The second-order valence-corrected chi connectivity index (χ2v) is 1.54. The van der Waals surface area contributed by atoms with E-state index in [9.17, 15) is 4.79 Å². The summed E-state index contributed by atoms with van der Waals surface area (Å²) >= 11 is 0. The number of hydrogen-bond acceptors (Lipinski definition) is 3. The molecule has 1 rings (SSSR count). The summed E-state index contributed by atoms with van der Waals surface area (Å²) in [6.07, 6.45) is 1.83. The van der Waals surface area contributed by atoms with E-state index >= 15 is 0 Å². The summed E-state index contributed by atoms with van der Waals surface area (Å²) in [7, 11) is 0.0213.